The van der Waals surface area contributed by atoms with E-state index in [4.69, 9.17) is 0 Å². The minimum absolute atomic E-state index is 0.748. The van der Waals surface area contributed by atoms with Crippen molar-refractivity contribution in [3.8, 4) is 0 Å². The fourth-order valence-electron chi connectivity index (χ4n) is 2.26. The van der Waals surface area contributed by atoms with Crippen molar-refractivity contribution < 1.29 is 0 Å². The van der Waals surface area contributed by atoms with Gasteiger partial charge in [0.25, 0.3) is 0 Å². The standard InChI is InChI=1S/C16H29NS/c1-3-5-13-17-15(4-2)10-7-6-8-11-16-12-9-14-18-16/h9,12,14-15,17H,3-8,10-11,13H2,1-2H3. The molecule has 0 saturated heterocycles. The zero-order valence-corrected chi connectivity index (χ0v) is 12.9. The molecule has 2 heteroatoms. The Hall–Kier alpha value is -0.340. The average Bonchev–Trinajstić information content (AvgIpc) is 2.89. The monoisotopic (exact) mass is 267 g/mol. The van der Waals surface area contributed by atoms with E-state index < -0.39 is 0 Å². The van der Waals surface area contributed by atoms with Crippen LogP contribution in [0.15, 0.2) is 17.5 Å². The molecular formula is C16H29NS. The molecule has 0 spiro atoms. The summed E-state index contributed by atoms with van der Waals surface area (Å²) in [6, 6.07) is 5.16. The molecule has 1 atom stereocenters. The number of hydrogen-bond acceptors (Lipinski definition) is 2. The quantitative estimate of drug-likeness (QED) is 0.555. The normalized spacial score (nSPS) is 12.8. The van der Waals surface area contributed by atoms with Gasteiger partial charge in [-0.15, -0.1) is 11.3 Å². The maximum absolute atomic E-state index is 3.68. The van der Waals surface area contributed by atoms with E-state index in [0.29, 0.717) is 0 Å². The summed E-state index contributed by atoms with van der Waals surface area (Å²) in [4.78, 5) is 1.54. The van der Waals surface area contributed by atoms with Crippen LogP contribution >= 0.6 is 11.3 Å². The number of nitrogens with one attached hydrogen (secondary N) is 1. The molecule has 1 heterocycles. The van der Waals surface area contributed by atoms with E-state index in [2.05, 4.69) is 36.7 Å². The molecule has 18 heavy (non-hydrogen) atoms. The third-order valence-corrected chi connectivity index (χ3v) is 4.45. The second-order valence-corrected chi connectivity index (χ2v) is 6.12. The minimum Gasteiger partial charge on any atom is -0.314 e. The van der Waals surface area contributed by atoms with Gasteiger partial charge < -0.3 is 5.32 Å². The van der Waals surface area contributed by atoms with Gasteiger partial charge in [-0.1, -0.05) is 39.2 Å². The summed E-state index contributed by atoms with van der Waals surface area (Å²) in [6.45, 7) is 5.76. The molecule has 1 rings (SSSR count). The SMILES string of the molecule is CCCCNC(CC)CCCCCc1cccs1. The van der Waals surface area contributed by atoms with E-state index in [1.54, 1.807) is 4.88 Å². The Balaban J connectivity index is 1.97. The molecule has 1 unspecified atom stereocenters. The Morgan fingerprint density at radius 1 is 1.17 bits per heavy atom. The summed E-state index contributed by atoms with van der Waals surface area (Å²) >= 11 is 1.89. The molecular weight excluding hydrogens is 238 g/mol. The predicted octanol–water partition coefficient (Wildman–Crippen LogP) is 5.02. The van der Waals surface area contributed by atoms with Crippen molar-refractivity contribution in [3.05, 3.63) is 22.4 Å². The first-order valence-electron chi connectivity index (χ1n) is 7.62. The van der Waals surface area contributed by atoms with Crippen molar-refractivity contribution in [2.45, 2.75) is 71.3 Å². The van der Waals surface area contributed by atoms with Gasteiger partial charge in [-0.05, 0) is 50.1 Å². The van der Waals surface area contributed by atoms with Crippen LogP contribution in [0.4, 0.5) is 0 Å². The molecule has 1 aromatic rings. The van der Waals surface area contributed by atoms with Gasteiger partial charge in [0.1, 0.15) is 0 Å². The maximum Gasteiger partial charge on any atom is 0.00644 e. The first-order valence-corrected chi connectivity index (χ1v) is 8.50. The summed E-state index contributed by atoms with van der Waals surface area (Å²) in [6.07, 6.45) is 10.6. The fourth-order valence-corrected chi connectivity index (χ4v) is 3.01. The average molecular weight is 267 g/mol. The second-order valence-electron chi connectivity index (χ2n) is 5.09. The molecule has 0 radical (unpaired) electrons. The lowest BCUT2D eigenvalue weighted by molar-refractivity contribution is 0.441. The third kappa shape index (κ3) is 7.17. The molecule has 0 aliphatic rings. The van der Waals surface area contributed by atoms with Gasteiger partial charge >= 0.3 is 0 Å². The Kier molecular flexibility index (Phi) is 9.23. The van der Waals surface area contributed by atoms with Crippen molar-refractivity contribution in [2.75, 3.05) is 6.54 Å². The zero-order chi connectivity index (χ0) is 13.1. The van der Waals surface area contributed by atoms with Crippen molar-refractivity contribution >= 4 is 11.3 Å². The molecule has 0 aliphatic heterocycles. The van der Waals surface area contributed by atoms with Gasteiger partial charge in [-0.25, -0.2) is 0 Å². The van der Waals surface area contributed by atoms with Crippen LogP contribution in [0.3, 0.4) is 0 Å². The van der Waals surface area contributed by atoms with Gasteiger partial charge in [0.05, 0.1) is 0 Å². The van der Waals surface area contributed by atoms with Crippen molar-refractivity contribution in [3.63, 3.8) is 0 Å². The molecule has 1 N–H and O–H groups in total. The van der Waals surface area contributed by atoms with E-state index >= 15 is 0 Å². The fraction of sp³-hybridized carbons (Fsp3) is 0.750. The van der Waals surface area contributed by atoms with E-state index in [0.717, 1.165) is 6.04 Å². The highest BCUT2D eigenvalue weighted by Gasteiger charge is 2.04. The van der Waals surface area contributed by atoms with Gasteiger partial charge in [0, 0.05) is 10.9 Å². The highest BCUT2D eigenvalue weighted by Crippen LogP contribution is 2.14. The Bertz CT molecular complexity index is 269. The van der Waals surface area contributed by atoms with Crippen molar-refractivity contribution in [2.24, 2.45) is 0 Å². The highest BCUT2D eigenvalue weighted by molar-refractivity contribution is 7.09. The summed E-state index contributed by atoms with van der Waals surface area (Å²) in [7, 11) is 0. The van der Waals surface area contributed by atoms with Crippen LogP contribution in [-0.2, 0) is 6.42 Å². The van der Waals surface area contributed by atoms with E-state index in [9.17, 15) is 0 Å². The number of rotatable bonds is 11. The molecule has 0 bridgehead atoms. The topological polar surface area (TPSA) is 12.0 Å². The van der Waals surface area contributed by atoms with Crippen LogP contribution in [0.25, 0.3) is 0 Å². The Labute approximate surface area is 117 Å². The van der Waals surface area contributed by atoms with E-state index in [1.165, 1.54) is 57.9 Å². The van der Waals surface area contributed by atoms with Crippen LogP contribution in [0.1, 0.15) is 63.7 Å². The highest BCUT2D eigenvalue weighted by atomic mass is 32.1. The van der Waals surface area contributed by atoms with Crippen molar-refractivity contribution in [1.29, 1.82) is 0 Å². The first kappa shape index (κ1) is 15.7. The molecule has 0 saturated carbocycles. The summed E-state index contributed by atoms with van der Waals surface area (Å²) in [5.74, 6) is 0. The van der Waals surface area contributed by atoms with Crippen LogP contribution < -0.4 is 5.32 Å². The lowest BCUT2D eigenvalue weighted by Gasteiger charge is -2.16. The lowest BCUT2D eigenvalue weighted by Crippen LogP contribution is -2.29. The third-order valence-electron chi connectivity index (χ3n) is 3.51. The Morgan fingerprint density at radius 2 is 2.06 bits per heavy atom. The molecule has 0 fully saturated rings. The smallest absolute Gasteiger partial charge is 0.00644 e. The molecule has 0 amide bonds. The van der Waals surface area contributed by atoms with E-state index in [1.807, 2.05) is 11.3 Å². The van der Waals surface area contributed by atoms with Crippen LogP contribution in [-0.4, -0.2) is 12.6 Å². The van der Waals surface area contributed by atoms with Crippen LogP contribution in [0.2, 0.25) is 0 Å². The summed E-state index contributed by atoms with van der Waals surface area (Å²) < 4.78 is 0. The van der Waals surface area contributed by atoms with Gasteiger partial charge in [0.2, 0.25) is 0 Å². The summed E-state index contributed by atoms with van der Waals surface area (Å²) in [5.41, 5.74) is 0. The largest absolute Gasteiger partial charge is 0.314 e. The molecule has 104 valence electrons. The minimum atomic E-state index is 0.748. The molecule has 0 aliphatic carbocycles. The van der Waals surface area contributed by atoms with Gasteiger partial charge in [-0.2, -0.15) is 0 Å². The summed E-state index contributed by atoms with van der Waals surface area (Å²) in [5, 5.41) is 5.86. The van der Waals surface area contributed by atoms with Crippen LogP contribution in [0, 0.1) is 0 Å². The predicted molar refractivity (Wildman–Crippen MR) is 83.5 cm³/mol. The van der Waals surface area contributed by atoms with E-state index in [-0.39, 0.29) is 0 Å². The first-order chi connectivity index (χ1) is 8.86. The molecule has 1 nitrogen and oxygen atoms in total. The number of aryl methyl sites for hydroxylation is 1. The maximum atomic E-state index is 3.68. The Morgan fingerprint density at radius 3 is 2.72 bits per heavy atom. The van der Waals surface area contributed by atoms with Gasteiger partial charge in [0.15, 0.2) is 0 Å². The van der Waals surface area contributed by atoms with Crippen molar-refractivity contribution in [1.82, 2.24) is 5.32 Å². The number of thiophene rings is 1. The number of hydrogen-bond donors (Lipinski definition) is 1. The zero-order valence-electron chi connectivity index (χ0n) is 12.1. The molecule has 0 aromatic carbocycles. The number of unbranched alkanes of at least 4 members (excludes halogenated alkanes) is 3. The molecule has 1 aromatic heterocycles. The van der Waals surface area contributed by atoms with Crippen LogP contribution in [0.5, 0.6) is 0 Å². The van der Waals surface area contributed by atoms with Gasteiger partial charge in [-0.3, -0.25) is 0 Å². The lowest BCUT2D eigenvalue weighted by atomic mass is 10.0. The second kappa shape index (κ2) is 10.6.